The topological polar surface area (TPSA) is 93.1 Å². The van der Waals surface area contributed by atoms with E-state index >= 15 is 0 Å². The summed E-state index contributed by atoms with van der Waals surface area (Å²) in [4.78, 5) is 21.8. The first-order valence-electron chi connectivity index (χ1n) is 9.23. The maximum absolute atomic E-state index is 10.9. The summed E-state index contributed by atoms with van der Waals surface area (Å²) >= 11 is 0. The van der Waals surface area contributed by atoms with Gasteiger partial charge in [-0.1, -0.05) is 13.1 Å². The number of hydrogen-bond donors (Lipinski definition) is 2. The zero-order chi connectivity index (χ0) is 21.0. The molecule has 0 saturated carbocycles. The summed E-state index contributed by atoms with van der Waals surface area (Å²) in [5.41, 5.74) is 0.0372. The van der Waals surface area contributed by atoms with Gasteiger partial charge in [0.2, 0.25) is 8.32 Å². The van der Waals surface area contributed by atoms with E-state index in [-0.39, 0.29) is 18.6 Å². The van der Waals surface area contributed by atoms with Crippen molar-refractivity contribution in [3.05, 3.63) is 0 Å². The Hall–Kier alpha value is -0.489. The lowest BCUT2D eigenvalue weighted by Crippen LogP contribution is -2.61. The maximum Gasteiger partial charge on any atom is 0.303 e. The third kappa shape index (κ3) is 8.47. The van der Waals surface area contributed by atoms with Crippen LogP contribution in [0.1, 0.15) is 33.6 Å². The molecule has 0 fully saturated rings. The monoisotopic (exact) mass is 422 g/mol. The number of rotatable bonds is 12. The van der Waals surface area contributed by atoms with Gasteiger partial charge in [0.1, 0.15) is 0 Å². The molecule has 9 heteroatoms. The van der Waals surface area contributed by atoms with Crippen molar-refractivity contribution >= 4 is 36.6 Å². The number of aliphatic carboxylic acids is 2. The van der Waals surface area contributed by atoms with Crippen LogP contribution in [0, 0.1) is 0 Å². The van der Waals surface area contributed by atoms with Crippen molar-refractivity contribution in [2.75, 3.05) is 0 Å². The first-order valence-corrected chi connectivity index (χ1v) is 18.5. The molecule has 0 aliphatic carbocycles. The van der Waals surface area contributed by atoms with Crippen LogP contribution < -0.4 is 0 Å². The van der Waals surface area contributed by atoms with Crippen molar-refractivity contribution < 1.29 is 28.7 Å². The SMILES string of the molecule is CC(O[Si](C)(C)C(C)(C)O[Si](C)(C)CCC(=O)O)[Si](C)(C)CCC(=O)O. The number of hydrogen-bond acceptors (Lipinski definition) is 4. The average Bonchev–Trinajstić information content (AvgIpc) is 2.41. The molecule has 0 bridgehead atoms. The Labute approximate surface area is 161 Å². The van der Waals surface area contributed by atoms with Crippen LogP contribution in [-0.4, -0.2) is 57.8 Å². The summed E-state index contributed by atoms with van der Waals surface area (Å²) in [5.74, 6) is -1.55. The molecule has 0 spiro atoms. The highest BCUT2D eigenvalue weighted by Gasteiger charge is 2.48. The molecule has 0 aromatic carbocycles. The molecule has 1 unspecified atom stereocenters. The average molecular weight is 423 g/mol. The Kier molecular flexibility index (Phi) is 8.96. The van der Waals surface area contributed by atoms with Gasteiger partial charge in [-0.15, -0.1) is 0 Å². The molecule has 0 aromatic rings. The van der Waals surface area contributed by atoms with Gasteiger partial charge >= 0.3 is 11.9 Å². The van der Waals surface area contributed by atoms with Gasteiger partial charge in [0.25, 0.3) is 0 Å². The minimum Gasteiger partial charge on any atom is -0.481 e. The van der Waals surface area contributed by atoms with E-state index in [0.717, 1.165) is 0 Å². The summed E-state index contributed by atoms with van der Waals surface area (Å²) in [7, 11) is -6.24. The van der Waals surface area contributed by atoms with E-state index in [4.69, 9.17) is 19.1 Å². The van der Waals surface area contributed by atoms with E-state index in [2.05, 4.69) is 46.2 Å². The minimum atomic E-state index is -2.27. The molecule has 1 atom stereocenters. The van der Waals surface area contributed by atoms with Gasteiger partial charge in [0.05, 0.1) is 13.3 Å². The van der Waals surface area contributed by atoms with Crippen LogP contribution >= 0.6 is 0 Å². The molecular weight excluding hydrogens is 384 g/mol. The predicted octanol–water partition coefficient (Wildman–Crippen LogP) is 4.33. The zero-order valence-electron chi connectivity index (χ0n) is 17.9. The fraction of sp³-hybridized carbons (Fsp3) is 0.882. The molecule has 26 heavy (non-hydrogen) atoms. The van der Waals surface area contributed by atoms with Crippen LogP contribution in [0.4, 0.5) is 0 Å². The highest BCUT2D eigenvalue weighted by Crippen LogP contribution is 2.33. The molecule has 0 aliphatic heterocycles. The van der Waals surface area contributed by atoms with E-state index in [0.29, 0.717) is 12.1 Å². The van der Waals surface area contributed by atoms with Gasteiger partial charge in [-0.05, 0) is 59.0 Å². The Balaban J connectivity index is 5.09. The molecule has 0 radical (unpaired) electrons. The fourth-order valence-corrected chi connectivity index (χ4v) is 11.4. The lowest BCUT2D eigenvalue weighted by Gasteiger charge is -2.47. The van der Waals surface area contributed by atoms with Crippen molar-refractivity contribution in [3.63, 3.8) is 0 Å². The number of carboxylic acid groups (broad SMARTS) is 2. The highest BCUT2D eigenvalue weighted by atomic mass is 28.4. The Morgan fingerprint density at radius 1 is 0.923 bits per heavy atom. The van der Waals surface area contributed by atoms with Crippen molar-refractivity contribution in [1.29, 1.82) is 0 Å². The summed E-state index contributed by atoms with van der Waals surface area (Å²) in [6, 6.07) is 1.26. The predicted molar refractivity (Wildman–Crippen MR) is 112 cm³/mol. The van der Waals surface area contributed by atoms with Gasteiger partial charge in [0.15, 0.2) is 8.32 Å². The number of carbonyl (C=O) groups is 2. The van der Waals surface area contributed by atoms with E-state index in [1.165, 1.54) is 0 Å². The van der Waals surface area contributed by atoms with E-state index < -0.39 is 41.9 Å². The van der Waals surface area contributed by atoms with Gasteiger partial charge < -0.3 is 19.1 Å². The fourth-order valence-electron chi connectivity index (χ4n) is 2.65. The van der Waals surface area contributed by atoms with Crippen LogP contribution in [0.2, 0.25) is 51.4 Å². The third-order valence-electron chi connectivity index (χ3n) is 5.48. The van der Waals surface area contributed by atoms with Gasteiger partial charge in [0, 0.05) is 18.6 Å². The first kappa shape index (κ1) is 25.5. The van der Waals surface area contributed by atoms with Crippen molar-refractivity contribution in [1.82, 2.24) is 0 Å². The summed E-state index contributed by atoms with van der Waals surface area (Å²) in [6.45, 7) is 18.9. The second kappa shape index (κ2) is 9.14. The molecule has 0 rings (SSSR count). The Morgan fingerprint density at radius 3 is 1.77 bits per heavy atom. The van der Waals surface area contributed by atoms with E-state index in [1.807, 2.05) is 13.8 Å². The quantitative estimate of drug-likeness (QED) is 0.455. The van der Waals surface area contributed by atoms with Gasteiger partial charge in [-0.2, -0.15) is 0 Å². The standard InChI is InChI=1S/C17H38O6Si3/c1-14(24(4,5)12-10-15(18)19)22-26(8,9)17(2,3)23-25(6,7)13-11-16(20)21/h14H,10-13H2,1-9H3,(H,18,19)(H,20,21). The molecule has 0 aliphatic rings. The maximum atomic E-state index is 10.9. The smallest absolute Gasteiger partial charge is 0.303 e. The van der Waals surface area contributed by atoms with Gasteiger partial charge in [-0.3, -0.25) is 9.59 Å². The van der Waals surface area contributed by atoms with Crippen LogP contribution in [0.25, 0.3) is 0 Å². The van der Waals surface area contributed by atoms with Crippen LogP contribution in [-0.2, 0) is 18.4 Å². The van der Waals surface area contributed by atoms with Crippen LogP contribution in [0.15, 0.2) is 0 Å². The molecule has 0 aromatic heterocycles. The highest BCUT2D eigenvalue weighted by molar-refractivity contribution is 6.81. The van der Waals surface area contributed by atoms with Crippen LogP contribution in [0.3, 0.4) is 0 Å². The molecule has 0 heterocycles. The van der Waals surface area contributed by atoms with Crippen molar-refractivity contribution in [2.24, 2.45) is 0 Å². The van der Waals surface area contributed by atoms with E-state index in [9.17, 15) is 9.59 Å². The summed E-state index contributed by atoms with van der Waals surface area (Å²) in [5, 5.41) is 17.5. The van der Waals surface area contributed by atoms with Crippen molar-refractivity contribution in [2.45, 2.75) is 95.9 Å². The van der Waals surface area contributed by atoms with Crippen molar-refractivity contribution in [3.8, 4) is 0 Å². The second-order valence-corrected chi connectivity index (χ2v) is 23.4. The lowest BCUT2D eigenvalue weighted by atomic mass is 10.5. The first-order chi connectivity index (χ1) is 11.4. The molecule has 0 amide bonds. The molecular formula is C17H38O6Si3. The van der Waals surface area contributed by atoms with E-state index in [1.54, 1.807) is 0 Å². The molecule has 6 nitrogen and oxygen atoms in total. The van der Waals surface area contributed by atoms with Crippen LogP contribution in [0.5, 0.6) is 0 Å². The zero-order valence-corrected chi connectivity index (χ0v) is 20.9. The Morgan fingerprint density at radius 2 is 1.35 bits per heavy atom. The summed E-state index contributed by atoms with van der Waals surface area (Å²) in [6.07, 6.45) is 0.313. The molecule has 0 saturated heterocycles. The molecule has 2 N–H and O–H groups in total. The summed E-state index contributed by atoms with van der Waals surface area (Å²) < 4.78 is 13.0. The van der Waals surface area contributed by atoms with Gasteiger partial charge in [-0.25, -0.2) is 0 Å². The third-order valence-corrected chi connectivity index (χ3v) is 16.2. The Bertz CT molecular complexity index is 503. The normalized spacial score (nSPS) is 15.0. The minimum absolute atomic E-state index is 0.0372. The second-order valence-electron chi connectivity index (χ2n) is 9.42. The molecule has 154 valence electrons. The lowest BCUT2D eigenvalue weighted by molar-refractivity contribution is -0.137. The number of carboxylic acids is 2. The largest absolute Gasteiger partial charge is 0.481 e.